The highest BCUT2D eigenvalue weighted by molar-refractivity contribution is 5.76. The molecule has 0 bridgehead atoms. The van der Waals surface area contributed by atoms with Crippen molar-refractivity contribution < 1.29 is 4.79 Å². The van der Waals surface area contributed by atoms with Gasteiger partial charge in [-0.05, 0) is 30.5 Å². The number of hydrogen-bond acceptors (Lipinski definition) is 2. The van der Waals surface area contributed by atoms with Crippen molar-refractivity contribution in [2.24, 2.45) is 0 Å². The summed E-state index contributed by atoms with van der Waals surface area (Å²) >= 11 is 0. The zero-order valence-corrected chi connectivity index (χ0v) is 14.0. The van der Waals surface area contributed by atoms with Crippen LogP contribution in [0.15, 0.2) is 54.6 Å². The summed E-state index contributed by atoms with van der Waals surface area (Å²) in [6.07, 6.45) is 2.75. The van der Waals surface area contributed by atoms with E-state index in [1.165, 1.54) is 11.1 Å². The van der Waals surface area contributed by atoms with Crippen LogP contribution in [-0.4, -0.2) is 22.0 Å². The molecule has 4 nitrogen and oxygen atoms in total. The standard InChI is InChI=1S/C20H23N3O/c1-16(24)21-14-7-12-20-22-18-10-5-6-11-19(18)23(20)15-13-17-8-3-2-4-9-17/h2-6,8-11H,7,12-15H2,1H3,(H,21,24). The number of aromatic nitrogens is 2. The summed E-state index contributed by atoms with van der Waals surface area (Å²) in [4.78, 5) is 15.8. The smallest absolute Gasteiger partial charge is 0.216 e. The van der Waals surface area contributed by atoms with Crippen LogP contribution < -0.4 is 5.32 Å². The van der Waals surface area contributed by atoms with Crippen molar-refractivity contribution >= 4 is 16.9 Å². The van der Waals surface area contributed by atoms with E-state index in [2.05, 4.69) is 52.3 Å². The maximum absolute atomic E-state index is 11.0. The van der Waals surface area contributed by atoms with Gasteiger partial charge in [0.1, 0.15) is 5.82 Å². The highest BCUT2D eigenvalue weighted by atomic mass is 16.1. The third kappa shape index (κ3) is 4.02. The Morgan fingerprint density at radius 3 is 2.58 bits per heavy atom. The largest absolute Gasteiger partial charge is 0.356 e. The molecule has 3 aromatic rings. The molecule has 4 heteroatoms. The van der Waals surface area contributed by atoms with Crippen molar-refractivity contribution in [1.29, 1.82) is 0 Å². The van der Waals surface area contributed by atoms with Gasteiger partial charge in [0.15, 0.2) is 0 Å². The number of aryl methyl sites for hydroxylation is 3. The van der Waals surface area contributed by atoms with Gasteiger partial charge in [-0.2, -0.15) is 0 Å². The lowest BCUT2D eigenvalue weighted by Crippen LogP contribution is -2.21. The van der Waals surface area contributed by atoms with E-state index in [4.69, 9.17) is 4.98 Å². The highest BCUT2D eigenvalue weighted by Crippen LogP contribution is 2.18. The van der Waals surface area contributed by atoms with E-state index >= 15 is 0 Å². The lowest BCUT2D eigenvalue weighted by atomic mass is 10.1. The number of amides is 1. The molecule has 0 saturated carbocycles. The Kier molecular flexibility index (Phi) is 5.26. The predicted octanol–water partition coefficient (Wildman–Crippen LogP) is 3.35. The van der Waals surface area contributed by atoms with Gasteiger partial charge in [0, 0.05) is 26.4 Å². The van der Waals surface area contributed by atoms with Crippen molar-refractivity contribution in [3.8, 4) is 0 Å². The molecular weight excluding hydrogens is 298 g/mol. The summed E-state index contributed by atoms with van der Waals surface area (Å²) < 4.78 is 2.32. The van der Waals surface area contributed by atoms with Gasteiger partial charge in [0.05, 0.1) is 11.0 Å². The zero-order chi connectivity index (χ0) is 16.8. The molecule has 0 aliphatic heterocycles. The number of imidazole rings is 1. The number of carbonyl (C=O) groups excluding carboxylic acids is 1. The summed E-state index contributed by atoms with van der Waals surface area (Å²) in [5, 5.41) is 2.85. The van der Waals surface area contributed by atoms with Crippen molar-refractivity contribution in [2.75, 3.05) is 6.54 Å². The number of rotatable bonds is 7. The maximum atomic E-state index is 11.0. The number of nitrogens with one attached hydrogen (secondary N) is 1. The molecule has 124 valence electrons. The molecule has 0 aliphatic carbocycles. The summed E-state index contributed by atoms with van der Waals surface area (Å²) in [6.45, 7) is 3.16. The van der Waals surface area contributed by atoms with E-state index < -0.39 is 0 Å². The van der Waals surface area contributed by atoms with Gasteiger partial charge >= 0.3 is 0 Å². The fourth-order valence-electron chi connectivity index (χ4n) is 2.96. The Hall–Kier alpha value is -2.62. The van der Waals surface area contributed by atoms with E-state index in [1.807, 2.05) is 12.1 Å². The van der Waals surface area contributed by atoms with Crippen molar-refractivity contribution in [1.82, 2.24) is 14.9 Å². The maximum Gasteiger partial charge on any atom is 0.216 e. The van der Waals surface area contributed by atoms with Crippen LogP contribution in [0, 0.1) is 0 Å². The monoisotopic (exact) mass is 321 g/mol. The van der Waals surface area contributed by atoms with Crippen LogP contribution in [0.1, 0.15) is 24.7 Å². The lowest BCUT2D eigenvalue weighted by molar-refractivity contribution is -0.118. The van der Waals surface area contributed by atoms with Gasteiger partial charge in [-0.15, -0.1) is 0 Å². The Balaban J connectivity index is 1.75. The molecule has 1 N–H and O–H groups in total. The van der Waals surface area contributed by atoms with Gasteiger partial charge in [0.25, 0.3) is 0 Å². The Morgan fingerprint density at radius 2 is 1.79 bits per heavy atom. The Morgan fingerprint density at radius 1 is 1.04 bits per heavy atom. The molecule has 0 aliphatic rings. The molecule has 1 aromatic heterocycles. The predicted molar refractivity (Wildman–Crippen MR) is 96.9 cm³/mol. The molecule has 0 atom stereocenters. The van der Waals surface area contributed by atoms with Crippen molar-refractivity contribution in [3.05, 3.63) is 66.0 Å². The fourth-order valence-corrected chi connectivity index (χ4v) is 2.96. The van der Waals surface area contributed by atoms with Crippen molar-refractivity contribution in [3.63, 3.8) is 0 Å². The number of benzene rings is 2. The average Bonchev–Trinajstić information content (AvgIpc) is 2.95. The summed E-state index contributed by atoms with van der Waals surface area (Å²) in [6, 6.07) is 18.8. The van der Waals surface area contributed by atoms with E-state index in [0.717, 1.165) is 37.1 Å². The molecule has 0 fully saturated rings. The Labute approximate surface area is 142 Å². The quantitative estimate of drug-likeness (QED) is 0.678. The van der Waals surface area contributed by atoms with E-state index in [1.54, 1.807) is 6.92 Å². The molecule has 0 radical (unpaired) electrons. The molecule has 0 unspecified atom stereocenters. The zero-order valence-electron chi connectivity index (χ0n) is 14.0. The van der Waals surface area contributed by atoms with Crippen LogP contribution in [0.5, 0.6) is 0 Å². The molecular formula is C20H23N3O. The second-order valence-corrected chi connectivity index (χ2v) is 5.99. The van der Waals surface area contributed by atoms with Gasteiger partial charge < -0.3 is 9.88 Å². The number of hydrogen-bond donors (Lipinski definition) is 1. The minimum atomic E-state index is 0.0209. The molecule has 2 aromatic carbocycles. The fraction of sp³-hybridized carbons (Fsp3) is 0.300. The van der Waals surface area contributed by atoms with Gasteiger partial charge in [0.2, 0.25) is 5.91 Å². The van der Waals surface area contributed by atoms with Crippen LogP contribution in [0.3, 0.4) is 0 Å². The van der Waals surface area contributed by atoms with Gasteiger partial charge in [-0.25, -0.2) is 4.98 Å². The second kappa shape index (κ2) is 7.77. The minimum Gasteiger partial charge on any atom is -0.356 e. The number of carbonyl (C=O) groups is 1. The van der Waals surface area contributed by atoms with Crippen LogP contribution in [0.2, 0.25) is 0 Å². The molecule has 0 spiro atoms. The molecule has 1 heterocycles. The third-order valence-electron chi connectivity index (χ3n) is 4.15. The first-order valence-corrected chi connectivity index (χ1v) is 8.46. The van der Waals surface area contributed by atoms with Crippen LogP contribution in [-0.2, 0) is 24.2 Å². The lowest BCUT2D eigenvalue weighted by Gasteiger charge is -2.10. The number of nitrogens with zero attached hydrogens (tertiary/aromatic N) is 2. The number of fused-ring (bicyclic) bond motifs is 1. The van der Waals surface area contributed by atoms with Crippen LogP contribution >= 0.6 is 0 Å². The first-order valence-electron chi connectivity index (χ1n) is 8.46. The second-order valence-electron chi connectivity index (χ2n) is 5.99. The molecule has 3 rings (SSSR count). The van der Waals surface area contributed by atoms with E-state index in [-0.39, 0.29) is 5.91 Å². The van der Waals surface area contributed by atoms with Gasteiger partial charge in [-0.1, -0.05) is 42.5 Å². The third-order valence-corrected chi connectivity index (χ3v) is 4.15. The number of para-hydroxylation sites is 2. The Bertz CT molecular complexity index is 808. The van der Waals surface area contributed by atoms with E-state index in [9.17, 15) is 4.79 Å². The highest BCUT2D eigenvalue weighted by Gasteiger charge is 2.10. The SMILES string of the molecule is CC(=O)NCCCc1nc2ccccc2n1CCc1ccccc1. The molecule has 1 amide bonds. The van der Waals surface area contributed by atoms with E-state index in [0.29, 0.717) is 6.54 Å². The minimum absolute atomic E-state index is 0.0209. The summed E-state index contributed by atoms with van der Waals surface area (Å²) in [5.74, 6) is 1.12. The molecule has 0 saturated heterocycles. The van der Waals surface area contributed by atoms with Gasteiger partial charge in [-0.3, -0.25) is 4.79 Å². The molecule has 24 heavy (non-hydrogen) atoms. The van der Waals surface area contributed by atoms with Crippen LogP contribution in [0.25, 0.3) is 11.0 Å². The summed E-state index contributed by atoms with van der Waals surface area (Å²) in [7, 11) is 0. The average molecular weight is 321 g/mol. The topological polar surface area (TPSA) is 46.9 Å². The van der Waals surface area contributed by atoms with Crippen molar-refractivity contribution in [2.45, 2.75) is 32.7 Å². The normalized spacial score (nSPS) is 10.9. The first kappa shape index (κ1) is 16.2. The van der Waals surface area contributed by atoms with Crippen LogP contribution in [0.4, 0.5) is 0 Å². The summed E-state index contributed by atoms with van der Waals surface area (Å²) in [5.41, 5.74) is 3.56. The first-order chi connectivity index (χ1) is 11.7.